The molecule has 0 aliphatic carbocycles. The van der Waals surface area contributed by atoms with Gasteiger partial charge in [-0.15, -0.1) is 0 Å². The van der Waals surface area contributed by atoms with Crippen LogP contribution in [0.15, 0.2) is 0 Å². The minimum absolute atomic E-state index is 0.000139. The summed E-state index contributed by atoms with van der Waals surface area (Å²) in [5, 5.41) is 0. The van der Waals surface area contributed by atoms with Crippen molar-refractivity contribution in [2.75, 3.05) is 0 Å². The molecule has 1 saturated heterocycles. The normalized spacial score (nSPS) is 27.1. The van der Waals surface area contributed by atoms with Gasteiger partial charge >= 0.3 is 0 Å². The first kappa shape index (κ1) is 14.7. The van der Waals surface area contributed by atoms with Crippen LogP contribution in [0.1, 0.15) is 60.8 Å². The first-order chi connectivity index (χ1) is 7.43. The van der Waals surface area contributed by atoms with Crippen LogP contribution in [0.5, 0.6) is 0 Å². The summed E-state index contributed by atoms with van der Waals surface area (Å²) in [6.45, 7) is 12.0. The van der Waals surface area contributed by atoms with E-state index in [0.29, 0.717) is 12.2 Å². The fraction of sp³-hybridized carbons (Fsp3) is 0.929. The van der Waals surface area contributed by atoms with E-state index in [1.54, 1.807) is 0 Å². The third kappa shape index (κ3) is 4.07. The average Bonchev–Trinajstić information content (AvgIpc) is 2.29. The zero-order valence-electron chi connectivity index (χ0n) is 12.1. The topological polar surface area (TPSA) is 52.3 Å². The summed E-state index contributed by atoms with van der Waals surface area (Å²) in [5.41, 5.74) is 5.11. The van der Waals surface area contributed by atoms with Crippen LogP contribution in [0.2, 0.25) is 0 Å². The SMILES string of the molecule is CC(C)(N)CCC(=O)C1CC(C)(C)OC1(C)C. The van der Waals surface area contributed by atoms with Gasteiger partial charge in [-0.1, -0.05) is 0 Å². The number of rotatable bonds is 4. The van der Waals surface area contributed by atoms with Gasteiger partial charge in [-0.05, 0) is 54.4 Å². The van der Waals surface area contributed by atoms with E-state index in [1.807, 2.05) is 27.7 Å². The first-order valence-electron chi connectivity index (χ1n) is 6.45. The molecule has 17 heavy (non-hydrogen) atoms. The van der Waals surface area contributed by atoms with Gasteiger partial charge in [0.25, 0.3) is 0 Å². The number of ether oxygens (including phenoxy) is 1. The molecule has 0 amide bonds. The van der Waals surface area contributed by atoms with Crippen molar-refractivity contribution in [1.29, 1.82) is 0 Å². The largest absolute Gasteiger partial charge is 0.369 e. The highest BCUT2D eigenvalue weighted by molar-refractivity contribution is 5.82. The second kappa shape index (κ2) is 4.36. The third-order valence-electron chi connectivity index (χ3n) is 3.48. The van der Waals surface area contributed by atoms with Crippen molar-refractivity contribution >= 4 is 5.78 Å². The molecule has 0 aromatic rings. The van der Waals surface area contributed by atoms with Crippen LogP contribution in [0.25, 0.3) is 0 Å². The van der Waals surface area contributed by atoms with Gasteiger partial charge in [0.2, 0.25) is 0 Å². The summed E-state index contributed by atoms with van der Waals surface area (Å²) in [5.74, 6) is 0.291. The van der Waals surface area contributed by atoms with Crippen LogP contribution in [0, 0.1) is 5.92 Å². The van der Waals surface area contributed by atoms with E-state index >= 15 is 0 Å². The van der Waals surface area contributed by atoms with Crippen molar-refractivity contribution < 1.29 is 9.53 Å². The van der Waals surface area contributed by atoms with E-state index in [2.05, 4.69) is 13.8 Å². The summed E-state index contributed by atoms with van der Waals surface area (Å²) in [6.07, 6.45) is 2.10. The fourth-order valence-corrected chi connectivity index (χ4v) is 2.68. The maximum atomic E-state index is 12.3. The molecule has 1 aliphatic heterocycles. The molecular formula is C14H27NO2. The van der Waals surface area contributed by atoms with E-state index < -0.39 is 0 Å². The molecule has 0 radical (unpaired) electrons. The maximum Gasteiger partial charge on any atom is 0.139 e. The van der Waals surface area contributed by atoms with Crippen molar-refractivity contribution in [2.45, 2.75) is 77.5 Å². The lowest BCUT2D eigenvalue weighted by Gasteiger charge is -2.27. The molecule has 0 spiro atoms. The smallest absolute Gasteiger partial charge is 0.139 e. The summed E-state index contributed by atoms with van der Waals surface area (Å²) in [6, 6.07) is 0. The number of carbonyl (C=O) groups is 1. The Balaban J connectivity index is 2.64. The lowest BCUT2D eigenvalue weighted by atomic mass is 9.81. The molecule has 0 bridgehead atoms. The van der Waals surface area contributed by atoms with Gasteiger partial charge in [0, 0.05) is 17.9 Å². The number of ketones is 1. The summed E-state index contributed by atoms with van der Waals surface area (Å²) in [4.78, 5) is 12.3. The summed E-state index contributed by atoms with van der Waals surface area (Å²) in [7, 11) is 0. The van der Waals surface area contributed by atoms with Gasteiger partial charge in [-0.2, -0.15) is 0 Å². The van der Waals surface area contributed by atoms with Crippen molar-refractivity contribution in [3.63, 3.8) is 0 Å². The molecule has 1 unspecified atom stereocenters. The van der Waals surface area contributed by atoms with Crippen LogP contribution in [-0.2, 0) is 9.53 Å². The highest BCUT2D eigenvalue weighted by atomic mass is 16.5. The minimum atomic E-state index is -0.348. The Morgan fingerprint density at radius 3 is 2.24 bits per heavy atom. The summed E-state index contributed by atoms with van der Waals surface area (Å²) >= 11 is 0. The molecule has 100 valence electrons. The van der Waals surface area contributed by atoms with E-state index in [0.717, 1.165) is 12.8 Å². The molecule has 1 heterocycles. The van der Waals surface area contributed by atoms with Gasteiger partial charge in [0.05, 0.1) is 11.2 Å². The lowest BCUT2D eigenvalue weighted by molar-refractivity contribution is -0.129. The first-order valence-corrected chi connectivity index (χ1v) is 6.45. The molecule has 0 aromatic carbocycles. The van der Waals surface area contributed by atoms with Gasteiger partial charge in [0.15, 0.2) is 0 Å². The van der Waals surface area contributed by atoms with E-state index in [4.69, 9.17) is 10.5 Å². The third-order valence-corrected chi connectivity index (χ3v) is 3.48. The molecule has 1 rings (SSSR count). The minimum Gasteiger partial charge on any atom is -0.369 e. The summed E-state index contributed by atoms with van der Waals surface area (Å²) < 4.78 is 5.95. The molecule has 1 fully saturated rings. The molecule has 0 aromatic heterocycles. The number of carbonyl (C=O) groups excluding carboxylic acids is 1. The zero-order chi connectivity index (χ0) is 13.5. The van der Waals surface area contributed by atoms with Crippen LogP contribution in [0.3, 0.4) is 0 Å². The fourth-order valence-electron chi connectivity index (χ4n) is 2.68. The van der Waals surface area contributed by atoms with Crippen molar-refractivity contribution in [2.24, 2.45) is 11.7 Å². The molecule has 0 saturated carbocycles. The lowest BCUT2D eigenvalue weighted by Crippen LogP contribution is -2.36. The molecule has 1 atom stereocenters. The molecular weight excluding hydrogens is 214 g/mol. The van der Waals surface area contributed by atoms with Gasteiger partial charge < -0.3 is 10.5 Å². The molecule has 1 aliphatic rings. The Bertz CT molecular complexity index is 300. The van der Waals surface area contributed by atoms with Crippen LogP contribution >= 0.6 is 0 Å². The van der Waals surface area contributed by atoms with Crippen molar-refractivity contribution in [3.8, 4) is 0 Å². The van der Waals surface area contributed by atoms with Gasteiger partial charge in [0.1, 0.15) is 5.78 Å². The zero-order valence-corrected chi connectivity index (χ0v) is 12.1. The predicted molar refractivity (Wildman–Crippen MR) is 69.9 cm³/mol. The van der Waals surface area contributed by atoms with E-state index in [-0.39, 0.29) is 22.7 Å². The number of Topliss-reactive ketones (excluding diaryl/α,β-unsaturated/α-hetero) is 1. The Labute approximate surface area is 105 Å². The Hall–Kier alpha value is -0.410. The predicted octanol–water partition coefficient (Wildman–Crippen LogP) is 2.67. The van der Waals surface area contributed by atoms with Crippen LogP contribution < -0.4 is 5.73 Å². The number of hydrogen-bond acceptors (Lipinski definition) is 3. The van der Waals surface area contributed by atoms with E-state index in [9.17, 15) is 4.79 Å². The second-order valence-corrected chi connectivity index (χ2v) is 7.18. The maximum absolute atomic E-state index is 12.3. The highest BCUT2D eigenvalue weighted by Gasteiger charge is 2.48. The Morgan fingerprint density at radius 2 is 1.88 bits per heavy atom. The van der Waals surface area contributed by atoms with Gasteiger partial charge in [-0.3, -0.25) is 4.79 Å². The van der Waals surface area contributed by atoms with Crippen LogP contribution in [-0.4, -0.2) is 22.5 Å². The second-order valence-electron chi connectivity index (χ2n) is 7.18. The number of nitrogens with two attached hydrogens (primary N) is 1. The van der Waals surface area contributed by atoms with Crippen molar-refractivity contribution in [3.05, 3.63) is 0 Å². The van der Waals surface area contributed by atoms with Gasteiger partial charge in [-0.25, -0.2) is 0 Å². The van der Waals surface area contributed by atoms with Crippen LogP contribution in [0.4, 0.5) is 0 Å². The Morgan fingerprint density at radius 1 is 1.35 bits per heavy atom. The Kier molecular flexibility index (Phi) is 3.76. The number of hydrogen-bond donors (Lipinski definition) is 1. The molecule has 3 heteroatoms. The average molecular weight is 241 g/mol. The monoisotopic (exact) mass is 241 g/mol. The standard InChI is InChI=1S/C14H27NO2/c1-12(2,15)8-7-11(16)10-9-13(3,4)17-14(10,5)6/h10H,7-9,15H2,1-6H3. The van der Waals surface area contributed by atoms with E-state index in [1.165, 1.54) is 0 Å². The molecule has 2 N–H and O–H groups in total. The quantitative estimate of drug-likeness (QED) is 0.823. The highest BCUT2D eigenvalue weighted by Crippen LogP contribution is 2.43. The molecule has 3 nitrogen and oxygen atoms in total. The van der Waals surface area contributed by atoms with Crippen molar-refractivity contribution in [1.82, 2.24) is 0 Å².